The number of hydrogen-bond donors (Lipinski definition) is 1. The van der Waals surface area contributed by atoms with Crippen molar-refractivity contribution in [2.75, 3.05) is 18.7 Å². The summed E-state index contributed by atoms with van der Waals surface area (Å²) in [6.07, 6.45) is 3.19. The molecule has 2 aromatic rings. The topological polar surface area (TPSA) is 38.3 Å². The number of carbonyl (C=O) groups excluding carboxylic acids is 1. The highest BCUT2D eigenvalue weighted by molar-refractivity contribution is 7.98. The lowest BCUT2D eigenvalue weighted by molar-refractivity contribution is -0.116. The first-order chi connectivity index (χ1) is 10.6. The zero-order valence-electron chi connectivity index (χ0n) is 13.2. The van der Waals surface area contributed by atoms with Crippen LogP contribution in [0.4, 0.5) is 5.69 Å². The molecule has 1 amide bonds. The smallest absolute Gasteiger partial charge is 0.224 e. The monoisotopic (exact) mass is 315 g/mol. The molecular weight excluding hydrogens is 294 g/mol. The number of carbonyl (C=O) groups is 1. The molecule has 0 spiro atoms. The molecule has 0 heterocycles. The van der Waals surface area contributed by atoms with Crippen LogP contribution >= 0.6 is 11.8 Å². The Balaban J connectivity index is 1.94. The van der Waals surface area contributed by atoms with E-state index < -0.39 is 0 Å². The number of anilines is 1. The lowest BCUT2D eigenvalue weighted by Crippen LogP contribution is -2.13. The number of ether oxygens (including phenoxy) is 1. The zero-order chi connectivity index (χ0) is 15.9. The number of thioether (sulfide) groups is 1. The summed E-state index contributed by atoms with van der Waals surface area (Å²) in [6.45, 7) is 2.01. The normalized spacial score (nSPS) is 10.3. The molecule has 0 bridgehead atoms. The van der Waals surface area contributed by atoms with Gasteiger partial charge in [0.15, 0.2) is 0 Å². The summed E-state index contributed by atoms with van der Waals surface area (Å²) in [5.41, 5.74) is 3.12. The van der Waals surface area contributed by atoms with Gasteiger partial charge in [-0.2, -0.15) is 0 Å². The van der Waals surface area contributed by atoms with Gasteiger partial charge in [-0.25, -0.2) is 0 Å². The zero-order valence-corrected chi connectivity index (χ0v) is 14.0. The number of nitrogens with one attached hydrogen (secondary N) is 1. The quantitative estimate of drug-likeness (QED) is 0.808. The van der Waals surface area contributed by atoms with Crippen molar-refractivity contribution < 1.29 is 9.53 Å². The fourth-order valence-electron chi connectivity index (χ4n) is 2.31. The molecule has 0 aliphatic carbocycles. The van der Waals surface area contributed by atoms with E-state index in [0.717, 1.165) is 33.9 Å². The minimum absolute atomic E-state index is 0.0370. The van der Waals surface area contributed by atoms with E-state index in [1.807, 2.05) is 49.6 Å². The van der Waals surface area contributed by atoms with Gasteiger partial charge in [0, 0.05) is 11.3 Å². The van der Waals surface area contributed by atoms with Crippen molar-refractivity contribution in [1.82, 2.24) is 0 Å². The number of methoxy groups -OCH3 is 1. The molecule has 0 aromatic heterocycles. The highest BCUT2D eigenvalue weighted by Gasteiger charge is 2.07. The van der Waals surface area contributed by atoms with Gasteiger partial charge in [0.05, 0.1) is 12.8 Å². The SMILES string of the molecule is COc1ccc(CCC(=O)Nc2ccccc2SC)cc1C. The van der Waals surface area contributed by atoms with Gasteiger partial charge in [0.25, 0.3) is 0 Å². The molecule has 0 atom stereocenters. The second kappa shape index (κ2) is 7.90. The number of para-hydroxylation sites is 1. The van der Waals surface area contributed by atoms with E-state index in [-0.39, 0.29) is 5.91 Å². The molecule has 0 fully saturated rings. The maximum Gasteiger partial charge on any atom is 0.224 e. The van der Waals surface area contributed by atoms with Gasteiger partial charge in [0.2, 0.25) is 5.91 Å². The second-order valence-corrected chi connectivity index (χ2v) is 5.90. The average Bonchev–Trinajstić information content (AvgIpc) is 2.53. The Kier molecular flexibility index (Phi) is 5.90. The van der Waals surface area contributed by atoms with Crippen LogP contribution in [0.3, 0.4) is 0 Å². The molecular formula is C18H21NO2S. The van der Waals surface area contributed by atoms with Crippen LogP contribution in [0.1, 0.15) is 17.5 Å². The molecule has 1 N–H and O–H groups in total. The molecule has 0 saturated heterocycles. The van der Waals surface area contributed by atoms with Gasteiger partial charge in [-0.05, 0) is 48.9 Å². The fraction of sp³-hybridized carbons (Fsp3) is 0.278. The summed E-state index contributed by atoms with van der Waals surface area (Å²) in [6, 6.07) is 13.9. The first-order valence-corrected chi connectivity index (χ1v) is 8.43. The van der Waals surface area contributed by atoms with Crippen molar-refractivity contribution in [3.8, 4) is 5.75 Å². The lowest BCUT2D eigenvalue weighted by Gasteiger charge is -2.10. The van der Waals surface area contributed by atoms with E-state index in [2.05, 4.69) is 11.4 Å². The van der Waals surface area contributed by atoms with Crippen molar-refractivity contribution in [2.45, 2.75) is 24.7 Å². The highest BCUT2D eigenvalue weighted by atomic mass is 32.2. The average molecular weight is 315 g/mol. The third kappa shape index (κ3) is 4.28. The number of amides is 1. The van der Waals surface area contributed by atoms with E-state index in [1.165, 1.54) is 0 Å². The van der Waals surface area contributed by atoms with Crippen LogP contribution in [-0.2, 0) is 11.2 Å². The largest absolute Gasteiger partial charge is 0.496 e. The van der Waals surface area contributed by atoms with Gasteiger partial charge in [0.1, 0.15) is 5.75 Å². The summed E-state index contributed by atoms with van der Waals surface area (Å²) in [5, 5.41) is 2.98. The Bertz CT molecular complexity index is 655. The van der Waals surface area contributed by atoms with Gasteiger partial charge in [-0.3, -0.25) is 4.79 Å². The third-order valence-corrected chi connectivity index (χ3v) is 4.28. The fourth-order valence-corrected chi connectivity index (χ4v) is 2.87. The van der Waals surface area contributed by atoms with Crippen LogP contribution in [0.5, 0.6) is 5.75 Å². The predicted octanol–water partition coefficient (Wildman–Crippen LogP) is 4.30. The molecule has 0 radical (unpaired) electrons. The number of benzene rings is 2. The second-order valence-electron chi connectivity index (χ2n) is 5.05. The van der Waals surface area contributed by atoms with Crippen LogP contribution in [0.2, 0.25) is 0 Å². The molecule has 0 aliphatic rings. The van der Waals surface area contributed by atoms with Crippen molar-refractivity contribution in [2.24, 2.45) is 0 Å². The van der Waals surface area contributed by atoms with E-state index in [0.29, 0.717) is 6.42 Å². The van der Waals surface area contributed by atoms with Crippen LogP contribution in [0, 0.1) is 6.92 Å². The number of aryl methyl sites for hydroxylation is 2. The summed E-state index contributed by atoms with van der Waals surface area (Å²) >= 11 is 1.63. The predicted molar refractivity (Wildman–Crippen MR) is 92.9 cm³/mol. The van der Waals surface area contributed by atoms with E-state index >= 15 is 0 Å². The van der Waals surface area contributed by atoms with Gasteiger partial charge < -0.3 is 10.1 Å². The number of hydrogen-bond acceptors (Lipinski definition) is 3. The van der Waals surface area contributed by atoms with Gasteiger partial charge >= 0.3 is 0 Å². The van der Waals surface area contributed by atoms with E-state index in [1.54, 1.807) is 18.9 Å². The van der Waals surface area contributed by atoms with Crippen molar-refractivity contribution in [3.63, 3.8) is 0 Å². The van der Waals surface area contributed by atoms with Crippen molar-refractivity contribution >= 4 is 23.4 Å². The summed E-state index contributed by atoms with van der Waals surface area (Å²) in [7, 11) is 1.67. The molecule has 4 heteroatoms. The van der Waals surface area contributed by atoms with Gasteiger partial charge in [-0.15, -0.1) is 11.8 Å². The third-order valence-electron chi connectivity index (χ3n) is 3.48. The van der Waals surface area contributed by atoms with Crippen LogP contribution in [-0.4, -0.2) is 19.3 Å². The van der Waals surface area contributed by atoms with Crippen LogP contribution < -0.4 is 10.1 Å². The number of rotatable bonds is 6. The first kappa shape index (κ1) is 16.4. The minimum atomic E-state index is 0.0370. The lowest BCUT2D eigenvalue weighted by atomic mass is 10.1. The standard InChI is InChI=1S/C18H21NO2S/c1-13-12-14(8-10-16(13)21-2)9-11-18(20)19-15-6-4-5-7-17(15)22-3/h4-8,10,12H,9,11H2,1-3H3,(H,19,20). The summed E-state index contributed by atoms with van der Waals surface area (Å²) < 4.78 is 5.25. The highest BCUT2D eigenvalue weighted by Crippen LogP contribution is 2.25. The van der Waals surface area contributed by atoms with Crippen molar-refractivity contribution in [1.29, 1.82) is 0 Å². The van der Waals surface area contributed by atoms with E-state index in [4.69, 9.17) is 4.74 Å². The maximum atomic E-state index is 12.1. The Hall–Kier alpha value is -1.94. The first-order valence-electron chi connectivity index (χ1n) is 7.20. The molecule has 3 nitrogen and oxygen atoms in total. The van der Waals surface area contributed by atoms with Crippen LogP contribution in [0.25, 0.3) is 0 Å². The van der Waals surface area contributed by atoms with Gasteiger partial charge in [-0.1, -0.05) is 24.3 Å². The van der Waals surface area contributed by atoms with E-state index in [9.17, 15) is 4.79 Å². The Morgan fingerprint density at radius 1 is 1.23 bits per heavy atom. The summed E-state index contributed by atoms with van der Waals surface area (Å²) in [5.74, 6) is 0.914. The minimum Gasteiger partial charge on any atom is -0.496 e. The maximum absolute atomic E-state index is 12.1. The Morgan fingerprint density at radius 2 is 2.00 bits per heavy atom. The molecule has 22 heavy (non-hydrogen) atoms. The molecule has 0 saturated carbocycles. The molecule has 116 valence electrons. The molecule has 2 aromatic carbocycles. The van der Waals surface area contributed by atoms with Crippen LogP contribution in [0.15, 0.2) is 47.4 Å². The summed E-state index contributed by atoms with van der Waals surface area (Å²) in [4.78, 5) is 13.2. The molecule has 0 unspecified atom stereocenters. The molecule has 0 aliphatic heterocycles. The Morgan fingerprint density at radius 3 is 2.68 bits per heavy atom. The van der Waals surface area contributed by atoms with Crippen molar-refractivity contribution in [3.05, 3.63) is 53.6 Å². The molecule has 2 rings (SSSR count). The Labute approximate surface area is 136 Å².